The van der Waals surface area contributed by atoms with Crippen LogP contribution in [0.15, 0.2) is 36.4 Å². The number of carbonyl (C=O) groups excluding carboxylic acids is 1. The van der Waals surface area contributed by atoms with Gasteiger partial charge in [-0.3, -0.25) is 4.79 Å². The van der Waals surface area contributed by atoms with Crippen molar-refractivity contribution in [3.05, 3.63) is 58.4 Å². The number of carbonyl (C=O) groups is 1. The highest BCUT2D eigenvalue weighted by Crippen LogP contribution is 2.21. The van der Waals surface area contributed by atoms with Crippen LogP contribution in [0.4, 0.5) is 15.8 Å². The Hall–Kier alpha value is -2.07. The molecular formula is C14H12ClFN2O. The van der Waals surface area contributed by atoms with Gasteiger partial charge in [0.1, 0.15) is 5.82 Å². The minimum absolute atomic E-state index is 0.158. The standard InChI is InChI=1S/C14H12ClFN2O/c1-8-3-2-4-12(16)13(8)18-14(19)9-5-10(15)7-11(17)6-9/h2-7H,17H2,1H3,(H,18,19). The first-order valence-electron chi connectivity index (χ1n) is 5.60. The number of hydrogen-bond acceptors (Lipinski definition) is 2. The number of nitrogen functional groups attached to an aromatic ring is 1. The van der Waals surface area contributed by atoms with Gasteiger partial charge in [-0.1, -0.05) is 23.7 Å². The average Bonchev–Trinajstić information content (AvgIpc) is 2.32. The fourth-order valence-electron chi connectivity index (χ4n) is 1.72. The Morgan fingerprint density at radius 2 is 2.05 bits per heavy atom. The lowest BCUT2D eigenvalue weighted by atomic mass is 10.1. The maximum Gasteiger partial charge on any atom is 0.255 e. The molecule has 0 unspecified atom stereocenters. The molecule has 2 aromatic rings. The summed E-state index contributed by atoms with van der Waals surface area (Å²) in [6, 6.07) is 9.07. The first kappa shape index (κ1) is 13.4. The van der Waals surface area contributed by atoms with E-state index in [1.807, 2.05) is 0 Å². The lowest BCUT2D eigenvalue weighted by Crippen LogP contribution is -2.14. The molecule has 98 valence electrons. The Morgan fingerprint density at radius 1 is 1.32 bits per heavy atom. The second kappa shape index (κ2) is 5.28. The summed E-state index contributed by atoms with van der Waals surface area (Å²) >= 11 is 5.83. The summed E-state index contributed by atoms with van der Waals surface area (Å²) in [5, 5.41) is 2.88. The molecule has 0 spiro atoms. The molecule has 19 heavy (non-hydrogen) atoms. The van der Waals surface area contributed by atoms with Crippen molar-refractivity contribution >= 4 is 28.9 Å². The molecule has 3 nitrogen and oxygen atoms in total. The summed E-state index contributed by atoms with van der Waals surface area (Å²) in [5.74, 6) is -0.939. The van der Waals surface area contributed by atoms with Crippen molar-refractivity contribution in [2.24, 2.45) is 0 Å². The van der Waals surface area contributed by atoms with Crippen LogP contribution >= 0.6 is 11.6 Å². The maximum absolute atomic E-state index is 13.6. The lowest BCUT2D eigenvalue weighted by Gasteiger charge is -2.10. The molecule has 3 N–H and O–H groups in total. The van der Waals surface area contributed by atoms with Crippen LogP contribution in [0.1, 0.15) is 15.9 Å². The lowest BCUT2D eigenvalue weighted by molar-refractivity contribution is 0.102. The number of para-hydroxylation sites is 1. The normalized spacial score (nSPS) is 10.3. The summed E-state index contributed by atoms with van der Waals surface area (Å²) in [6.45, 7) is 1.71. The van der Waals surface area contributed by atoms with Gasteiger partial charge in [0.15, 0.2) is 0 Å². The molecule has 0 heterocycles. The van der Waals surface area contributed by atoms with Gasteiger partial charge in [-0.05, 0) is 36.8 Å². The Balaban J connectivity index is 2.31. The molecule has 0 atom stereocenters. The Kier molecular flexibility index (Phi) is 3.71. The quantitative estimate of drug-likeness (QED) is 0.824. The molecule has 0 aliphatic carbocycles. The van der Waals surface area contributed by atoms with Gasteiger partial charge in [0.25, 0.3) is 5.91 Å². The average molecular weight is 279 g/mol. The van der Waals surface area contributed by atoms with E-state index in [1.54, 1.807) is 19.1 Å². The predicted molar refractivity (Wildman–Crippen MR) is 75.0 cm³/mol. The monoisotopic (exact) mass is 278 g/mol. The number of rotatable bonds is 2. The Morgan fingerprint density at radius 3 is 2.68 bits per heavy atom. The second-order valence-corrected chi connectivity index (χ2v) is 4.60. The number of nitrogens with two attached hydrogens (primary N) is 1. The molecule has 0 radical (unpaired) electrons. The molecule has 2 rings (SSSR count). The van der Waals surface area contributed by atoms with E-state index in [4.69, 9.17) is 17.3 Å². The molecule has 0 aliphatic rings. The zero-order valence-corrected chi connectivity index (χ0v) is 11.0. The van der Waals surface area contributed by atoms with Gasteiger partial charge in [0.2, 0.25) is 0 Å². The SMILES string of the molecule is Cc1cccc(F)c1NC(=O)c1cc(N)cc(Cl)c1. The molecule has 0 saturated heterocycles. The van der Waals surface area contributed by atoms with Crippen LogP contribution in [0.3, 0.4) is 0 Å². The van der Waals surface area contributed by atoms with Crippen molar-refractivity contribution in [1.82, 2.24) is 0 Å². The van der Waals surface area contributed by atoms with E-state index in [0.717, 1.165) is 0 Å². The second-order valence-electron chi connectivity index (χ2n) is 4.16. The van der Waals surface area contributed by atoms with Gasteiger partial charge >= 0.3 is 0 Å². The third-order valence-electron chi connectivity index (χ3n) is 2.64. The van der Waals surface area contributed by atoms with E-state index < -0.39 is 11.7 Å². The van der Waals surface area contributed by atoms with E-state index in [9.17, 15) is 9.18 Å². The van der Waals surface area contributed by atoms with Crippen molar-refractivity contribution in [1.29, 1.82) is 0 Å². The minimum Gasteiger partial charge on any atom is -0.399 e. The van der Waals surface area contributed by atoms with Gasteiger partial charge in [0.05, 0.1) is 5.69 Å². The highest BCUT2D eigenvalue weighted by Gasteiger charge is 2.12. The van der Waals surface area contributed by atoms with E-state index in [0.29, 0.717) is 16.3 Å². The fourth-order valence-corrected chi connectivity index (χ4v) is 1.96. The van der Waals surface area contributed by atoms with Crippen LogP contribution in [-0.2, 0) is 0 Å². The van der Waals surface area contributed by atoms with E-state index >= 15 is 0 Å². The summed E-state index contributed by atoms with van der Waals surface area (Å²) in [4.78, 5) is 12.0. The number of benzene rings is 2. The summed E-state index contributed by atoms with van der Waals surface area (Å²) < 4.78 is 13.6. The van der Waals surface area contributed by atoms with Gasteiger partial charge < -0.3 is 11.1 Å². The van der Waals surface area contributed by atoms with Gasteiger partial charge in [-0.25, -0.2) is 4.39 Å². The van der Waals surface area contributed by atoms with Gasteiger partial charge in [0, 0.05) is 16.3 Å². The highest BCUT2D eigenvalue weighted by atomic mass is 35.5. The molecule has 1 amide bonds. The van der Waals surface area contributed by atoms with Crippen molar-refractivity contribution in [2.75, 3.05) is 11.1 Å². The third-order valence-corrected chi connectivity index (χ3v) is 2.86. The van der Waals surface area contributed by atoms with Crippen molar-refractivity contribution in [3.8, 4) is 0 Å². The molecule has 0 aromatic heterocycles. The Bertz CT molecular complexity index is 603. The maximum atomic E-state index is 13.6. The minimum atomic E-state index is -0.483. The summed E-state index contributed by atoms with van der Waals surface area (Å²) in [7, 11) is 0. The summed E-state index contributed by atoms with van der Waals surface area (Å²) in [5.41, 5.74) is 7.07. The molecular weight excluding hydrogens is 267 g/mol. The fraction of sp³-hybridized carbons (Fsp3) is 0.0714. The largest absolute Gasteiger partial charge is 0.399 e. The number of aryl methyl sites for hydroxylation is 1. The molecule has 0 fully saturated rings. The molecule has 0 aliphatic heterocycles. The van der Waals surface area contributed by atoms with Crippen molar-refractivity contribution in [2.45, 2.75) is 6.92 Å². The van der Waals surface area contributed by atoms with Crippen LogP contribution in [0.25, 0.3) is 0 Å². The molecule has 0 bridgehead atoms. The number of hydrogen-bond donors (Lipinski definition) is 2. The van der Waals surface area contributed by atoms with Crippen LogP contribution < -0.4 is 11.1 Å². The van der Waals surface area contributed by atoms with Crippen LogP contribution in [0.2, 0.25) is 5.02 Å². The number of anilines is 2. The van der Waals surface area contributed by atoms with Crippen molar-refractivity contribution in [3.63, 3.8) is 0 Å². The first-order chi connectivity index (χ1) is 8.97. The zero-order chi connectivity index (χ0) is 14.0. The van der Waals surface area contributed by atoms with Gasteiger partial charge in [-0.15, -0.1) is 0 Å². The third kappa shape index (κ3) is 3.03. The first-order valence-corrected chi connectivity index (χ1v) is 5.97. The molecule has 2 aromatic carbocycles. The van der Waals surface area contributed by atoms with Crippen LogP contribution in [-0.4, -0.2) is 5.91 Å². The van der Waals surface area contributed by atoms with E-state index in [-0.39, 0.29) is 11.3 Å². The van der Waals surface area contributed by atoms with Crippen LogP contribution in [0.5, 0.6) is 0 Å². The zero-order valence-electron chi connectivity index (χ0n) is 10.2. The van der Waals surface area contributed by atoms with Crippen molar-refractivity contribution < 1.29 is 9.18 Å². The summed E-state index contributed by atoms with van der Waals surface area (Å²) in [6.07, 6.45) is 0. The molecule has 5 heteroatoms. The van der Waals surface area contributed by atoms with E-state index in [1.165, 1.54) is 24.3 Å². The number of halogens is 2. The Labute approximate surface area is 115 Å². The number of nitrogens with one attached hydrogen (secondary N) is 1. The smallest absolute Gasteiger partial charge is 0.255 e. The van der Waals surface area contributed by atoms with Crippen LogP contribution in [0, 0.1) is 12.7 Å². The predicted octanol–water partition coefficient (Wildman–Crippen LogP) is 3.62. The topological polar surface area (TPSA) is 55.1 Å². The van der Waals surface area contributed by atoms with E-state index in [2.05, 4.69) is 5.32 Å². The molecule has 0 saturated carbocycles. The number of amides is 1. The van der Waals surface area contributed by atoms with Gasteiger partial charge in [-0.2, -0.15) is 0 Å². The highest BCUT2D eigenvalue weighted by molar-refractivity contribution is 6.31.